The van der Waals surface area contributed by atoms with Crippen LogP contribution >= 0.6 is 0 Å². The van der Waals surface area contributed by atoms with Gasteiger partial charge in [-0.05, 0) is 56.1 Å². The van der Waals surface area contributed by atoms with Crippen molar-refractivity contribution in [1.82, 2.24) is 14.8 Å². The van der Waals surface area contributed by atoms with E-state index < -0.39 is 0 Å². The van der Waals surface area contributed by atoms with Crippen molar-refractivity contribution in [3.63, 3.8) is 0 Å². The first kappa shape index (κ1) is 19.8. The van der Waals surface area contributed by atoms with Crippen molar-refractivity contribution in [1.29, 1.82) is 0 Å². The number of pyridine rings is 1. The Morgan fingerprint density at radius 1 is 1.25 bits per heavy atom. The van der Waals surface area contributed by atoms with Gasteiger partial charge < -0.3 is 20.6 Å². The third-order valence-corrected chi connectivity index (χ3v) is 5.48. The van der Waals surface area contributed by atoms with Crippen LogP contribution in [0.2, 0.25) is 0 Å². The van der Waals surface area contributed by atoms with Crippen LogP contribution in [-0.2, 0) is 4.79 Å². The van der Waals surface area contributed by atoms with Gasteiger partial charge in [-0.3, -0.25) is 14.6 Å². The Morgan fingerprint density at radius 2 is 1.86 bits per heavy atom. The van der Waals surface area contributed by atoms with E-state index in [4.69, 9.17) is 15.6 Å². The fourth-order valence-corrected chi connectivity index (χ4v) is 4.12. The molecule has 3 atom stereocenters. The van der Waals surface area contributed by atoms with Crippen LogP contribution in [0.4, 0.5) is 5.69 Å². The molecular formula is C21H26N4O3. The maximum atomic E-state index is 12.7. The lowest BCUT2D eigenvalue weighted by molar-refractivity contribution is -0.122. The van der Waals surface area contributed by atoms with Crippen LogP contribution < -0.4 is 5.73 Å². The summed E-state index contributed by atoms with van der Waals surface area (Å²) in [5.74, 6) is 2.29. The molecular weight excluding hydrogens is 356 g/mol. The van der Waals surface area contributed by atoms with Gasteiger partial charge in [0.2, 0.25) is 0 Å². The molecule has 2 aliphatic rings. The molecule has 2 fully saturated rings. The number of likely N-dealkylation sites (tertiary alicyclic amines) is 1. The highest BCUT2D eigenvalue weighted by Crippen LogP contribution is 2.52. The number of rotatable bonds is 4. The number of hydrogen-bond acceptors (Lipinski definition) is 5. The second-order valence-corrected chi connectivity index (χ2v) is 7.59. The van der Waals surface area contributed by atoms with Crippen LogP contribution in [0.15, 0.2) is 42.6 Å². The number of benzene rings is 1. The molecule has 2 aromatic rings. The number of fused-ring (bicyclic) bond motifs is 1. The fourth-order valence-electron chi connectivity index (χ4n) is 4.12. The molecule has 1 aromatic carbocycles. The van der Waals surface area contributed by atoms with Gasteiger partial charge in [-0.1, -0.05) is 12.1 Å². The molecule has 0 radical (unpaired) electrons. The maximum Gasteiger partial charge on any atom is 0.290 e. The van der Waals surface area contributed by atoms with E-state index in [1.807, 2.05) is 41.3 Å². The molecule has 1 unspecified atom stereocenters. The minimum Gasteiger partial charge on any atom is -0.483 e. The lowest BCUT2D eigenvalue weighted by Crippen LogP contribution is -2.33. The Bertz CT molecular complexity index is 826. The first-order valence-corrected chi connectivity index (χ1v) is 9.29. The van der Waals surface area contributed by atoms with Gasteiger partial charge in [0.1, 0.15) is 0 Å². The molecule has 1 aliphatic carbocycles. The van der Waals surface area contributed by atoms with Crippen LogP contribution in [0.5, 0.6) is 0 Å². The van der Waals surface area contributed by atoms with Gasteiger partial charge in [0.25, 0.3) is 12.4 Å². The first-order chi connectivity index (χ1) is 13.5. The van der Waals surface area contributed by atoms with Crippen molar-refractivity contribution in [2.24, 2.45) is 17.8 Å². The number of carbonyl (C=O) groups is 2. The van der Waals surface area contributed by atoms with Gasteiger partial charge in [-0.2, -0.15) is 0 Å². The predicted octanol–water partition coefficient (Wildman–Crippen LogP) is 1.91. The number of hydrogen-bond donors (Lipinski definition) is 2. The van der Waals surface area contributed by atoms with E-state index in [9.17, 15) is 4.79 Å². The summed E-state index contributed by atoms with van der Waals surface area (Å²) < 4.78 is 0. The average Bonchev–Trinajstić information content (AvgIpc) is 3.11. The van der Waals surface area contributed by atoms with Gasteiger partial charge in [0, 0.05) is 37.0 Å². The Balaban J connectivity index is 0.000000706. The Morgan fingerprint density at radius 3 is 2.39 bits per heavy atom. The summed E-state index contributed by atoms with van der Waals surface area (Å²) in [5.41, 5.74) is 9.06. The van der Waals surface area contributed by atoms with E-state index >= 15 is 0 Å². The highest BCUT2D eigenvalue weighted by molar-refractivity contribution is 5.95. The van der Waals surface area contributed by atoms with Crippen molar-refractivity contribution in [2.45, 2.75) is 0 Å². The summed E-state index contributed by atoms with van der Waals surface area (Å²) in [6.07, 6.45) is 1.73. The Hall–Kier alpha value is -2.93. The number of carboxylic acid groups (broad SMARTS) is 1. The van der Waals surface area contributed by atoms with Crippen molar-refractivity contribution in [2.75, 3.05) is 39.5 Å². The number of carbonyl (C=O) groups excluding carboxylic acids is 1. The third kappa shape index (κ3) is 4.14. The average molecular weight is 382 g/mol. The SMILES string of the molecule is CN(C)CC1[C@H]2CN(C(=O)c3ccc(-c4ncccc4N)cc3)C[C@@H]12.O=CO. The molecule has 3 N–H and O–H groups in total. The standard InChI is InChI=1S/C20H24N4O.CH2O2/c1-23(2)10-15-16-11-24(12-17(15)16)20(25)14-7-5-13(6-8-14)19-18(21)4-3-9-22-19;2-1-3/h3-9,15-17H,10-12,21H2,1-2H3;1H,(H,2,3)/t15?,16-,17+;. The zero-order valence-electron chi connectivity index (χ0n) is 16.2. The number of aromatic nitrogens is 1. The van der Waals surface area contributed by atoms with E-state index in [0.717, 1.165) is 42.4 Å². The molecule has 7 heteroatoms. The van der Waals surface area contributed by atoms with E-state index in [1.54, 1.807) is 6.20 Å². The summed E-state index contributed by atoms with van der Waals surface area (Å²) in [5, 5.41) is 6.89. The maximum absolute atomic E-state index is 12.7. The minimum absolute atomic E-state index is 0.136. The van der Waals surface area contributed by atoms with Crippen LogP contribution in [-0.4, -0.2) is 66.0 Å². The molecule has 0 spiro atoms. The zero-order chi connectivity index (χ0) is 20.3. The molecule has 28 heavy (non-hydrogen) atoms. The Labute approximate surface area is 164 Å². The highest BCUT2D eigenvalue weighted by atomic mass is 16.3. The second-order valence-electron chi connectivity index (χ2n) is 7.59. The number of nitrogen functional groups attached to an aromatic ring is 1. The molecule has 1 saturated heterocycles. The van der Waals surface area contributed by atoms with E-state index in [2.05, 4.69) is 24.0 Å². The predicted molar refractivity (Wildman–Crippen MR) is 108 cm³/mol. The topological polar surface area (TPSA) is 99.8 Å². The third-order valence-electron chi connectivity index (χ3n) is 5.48. The number of nitrogens with two attached hydrogens (primary N) is 1. The van der Waals surface area contributed by atoms with Crippen molar-refractivity contribution in [3.8, 4) is 11.3 Å². The smallest absolute Gasteiger partial charge is 0.290 e. The lowest BCUT2D eigenvalue weighted by Gasteiger charge is -2.21. The summed E-state index contributed by atoms with van der Waals surface area (Å²) >= 11 is 0. The number of nitrogens with zero attached hydrogens (tertiary/aromatic N) is 3. The van der Waals surface area contributed by atoms with Gasteiger partial charge in [0.15, 0.2) is 0 Å². The van der Waals surface area contributed by atoms with E-state index in [1.165, 1.54) is 0 Å². The van der Waals surface area contributed by atoms with Crippen molar-refractivity contribution in [3.05, 3.63) is 48.2 Å². The van der Waals surface area contributed by atoms with Crippen LogP contribution in [0.3, 0.4) is 0 Å². The molecule has 1 aliphatic heterocycles. The molecule has 148 valence electrons. The molecule has 7 nitrogen and oxygen atoms in total. The van der Waals surface area contributed by atoms with Gasteiger partial charge in [-0.25, -0.2) is 0 Å². The normalized spacial score (nSPS) is 22.2. The largest absolute Gasteiger partial charge is 0.483 e. The van der Waals surface area contributed by atoms with Gasteiger partial charge >= 0.3 is 0 Å². The first-order valence-electron chi connectivity index (χ1n) is 9.29. The summed E-state index contributed by atoms with van der Waals surface area (Å²) in [6, 6.07) is 11.3. The van der Waals surface area contributed by atoms with Crippen LogP contribution in [0.1, 0.15) is 10.4 Å². The molecule has 1 saturated carbocycles. The summed E-state index contributed by atoms with van der Waals surface area (Å²) in [7, 11) is 4.24. The molecule has 4 rings (SSSR count). The number of piperidine rings is 1. The molecule has 1 aromatic heterocycles. The van der Waals surface area contributed by atoms with Gasteiger partial charge in [0.05, 0.1) is 11.4 Å². The van der Waals surface area contributed by atoms with Crippen LogP contribution in [0, 0.1) is 17.8 Å². The highest BCUT2D eigenvalue weighted by Gasteiger charge is 2.56. The fraction of sp³-hybridized carbons (Fsp3) is 0.381. The van der Waals surface area contributed by atoms with Crippen molar-refractivity contribution < 1.29 is 14.7 Å². The summed E-state index contributed by atoms with van der Waals surface area (Å²) in [6.45, 7) is 2.69. The van der Waals surface area contributed by atoms with Crippen molar-refractivity contribution >= 4 is 18.1 Å². The monoisotopic (exact) mass is 382 g/mol. The quantitative estimate of drug-likeness (QED) is 0.784. The summed E-state index contributed by atoms with van der Waals surface area (Å²) in [4.78, 5) is 29.7. The Kier molecular flexibility index (Phi) is 5.94. The zero-order valence-corrected chi connectivity index (χ0v) is 16.2. The van der Waals surface area contributed by atoms with Crippen LogP contribution in [0.25, 0.3) is 11.3 Å². The molecule has 0 bridgehead atoms. The van der Waals surface area contributed by atoms with Gasteiger partial charge in [-0.15, -0.1) is 0 Å². The van der Waals surface area contributed by atoms with E-state index in [0.29, 0.717) is 17.5 Å². The molecule has 2 heterocycles. The lowest BCUT2D eigenvalue weighted by atomic mass is 10.1. The molecule has 1 amide bonds. The van der Waals surface area contributed by atoms with E-state index in [-0.39, 0.29) is 12.4 Å². The minimum atomic E-state index is -0.250. The number of amides is 1. The second kappa shape index (κ2) is 8.39. The number of anilines is 1.